The maximum atomic E-state index is 14.2. The van der Waals surface area contributed by atoms with Crippen LogP contribution in [0.2, 0.25) is 0 Å². The summed E-state index contributed by atoms with van der Waals surface area (Å²) in [7, 11) is -3.07. The Kier molecular flexibility index (Phi) is 6.88. The third kappa shape index (κ3) is 5.23. The van der Waals surface area contributed by atoms with E-state index < -0.39 is 26.6 Å². The Morgan fingerprint density at radius 1 is 0.974 bits per heavy atom. The molecule has 0 atom stereocenters. The number of methoxy groups -OCH3 is 1. The summed E-state index contributed by atoms with van der Waals surface area (Å²) in [6, 6.07) is 19.3. The van der Waals surface area contributed by atoms with Crippen LogP contribution < -0.4 is 15.2 Å². The highest BCUT2D eigenvalue weighted by molar-refractivity contribution is 7.92. The molecule has 0 fully saturated rings. The number of nitrogens with one attached hydrogen (secondary N) is 1. The van der Waals surface area contributed by atoms with Gasteiger partial charge in [-0.25, -0.2) is 27.2 Å². The van der Waals surface area contributed by atoms with E-state index in [0.29, 0.717) is 23.9 Å². The fraction of sp³-hybridized carbons (Fsp3) is 0.103. The highest BCUT2D eigenvalue weighted by Gasteiger charge is 2.22. The molecule has 198 valence electrons. The number of sulfonamides is 1. The van der Waals surface area contributed by atoms with E-state index in [-0.39, 0.29) is 11.6 Å². The molecule has 3 N–H and O–H groups in total. The zero-order valence-corrected chi connectivity index (χ0v) is 21.9. The van der Waals surface area contributed by atoms with Crippen LogP contribution in [0.3, 0.4) is 0 Å². The van der Waals surface area contributed by atoms with Gasteiger partial charge in [0.1, 0.15) is 28.0 Å². The maximum Gasteiger partial charge on any atom is 0.264 e. The van der Waals surface area contributed by atoms with Crippen molar-refractivity contribution >= 4 is 32.4 Å². The second-order valence-corrected chi connectivity index (χ2v) is 10.6. The molecule has 0 aliphatic rings. The zero-order valence-electron chi connectivity index (χ0n) is 21.1. The summed E-state index contributed by atoms with van der Waals surface area (Å²) in [5, 5.41) is 0.888. The number of nitrogens with two attached hydrogens (primary N) is 1. The van der Waals surface area contributed by atoms with Gasteiger partial charge in [0.2, 0.25) is 5.88 Å². The maximum absolute atomic E-state index is 14.2. The van der Waals surface area contributed by atoms with Gasteiger partial charge in [-0.1, -0.05) is 36.4 Å². The molecule has 2 heterocycles. The third-order valence-electron chi connectivity index (χ3n) is 6.43. The summed E-state index contributed by atoms with van der Waals surface area (Å²) in [5.74, 6) is -1.65. The number of nitrogen functional groups attached to an aromatic ring is 1. The van der Waals surface area contributed by atoms with Crippen molar-refractivity contribution in [2.24, 2.45) is 0 Å². The van der Waals surface area contributed by atoms with Crippen LogP contribution in [0.1, 0.15) is 16.7 Å². The topological polar surface area (TPSA) is 107 Å². The average Bonchev–Trinajstić information content (AvgIpc) is 2.91. The van der Waals surface area contributed by atoms with Crippen molar-refractivity contribution in [1.29, 1.82) is 0 Å². The molecule has 0 unspecified atom stereocenters. The highest BCUT2D eigenvalue weighted by atomic mass is 32.2. The number of rotatable bonds is 7. The summed E-state index contributed by atoms with van der Waals surface area (Å²) in [6.45, 7) is 1.99. The van der Waals surface area contributed by atoms with Crippen molar-refractivity contribution in [3.8, 4) is 17.0 Å². The lowest BCUT2D eigenvalue weighted by Gasteiger charge is -2.15. The van der Waals surface area contributed by atoms with Gasteiger partial charge < -0.3 is 10.5 Å². The number of nitrogens with zero attached hydrogens (tertiary/aromatic N) is 2. The van der Waals surface area contributed by atoms with Gasteiger partial charge in [-0.2, -0.15) is 0 Å². The molecule has 0 amide bonds. The second-order valence-electron chi connectivity index (χ2n) is 8.96. The zero-order chi connectivity index (χ0) is 27.7. The molecule has 0 spiro atoms. The van der Waals surface area contributed by atoms with Gasteiger partial charge in [0.05, 0.1) is 12.6 Å². The number of aromatic nitrogens is 2. The largest absolute Gasteiger partial charge is 0.480 e. The minimum atomic E-state index is -4.41. The fourth-order valence-electron chi connectivity index (χ4n) is 4.43. The van der Waals surface area contributed by atoms with Gasteiger partial charge in [0, 0.05) is 35.2 Å². The molecule has 0 radical (unpaired) electrons. The molecule has 5 rings (SSSR count). The minimum absolute atomic E-state index is 0.00394. The Balaban J connectivity index is 1.55. The molecule has 7 nitrogen and oxygen atoms in total. The van der Waals surface area contributed by atoms with Crippen molar-refractivity contribution in [2.75, 3.05) is 17.6 Å². The standard InChI is InChI=1S/C29H24F2N4O3S/c1-17-22-13-19(8-10-25(22)34-28(32)23(17)12-18-6-4-3-5-7-18)20-14-26(29(38-2)33-16-20)35-39(36,37)27-11-9-21(30)15-24(27)31/h3-11,13-16,35H,12H2,1-2H3,(H2,32,34). The number of hydrogen-bond acceptors (Lipinski definition) is 6. The van der Waals surface area contributed by atoms with Gasteiger partial charge in [0.25, 0.3) is 10.0 Å². The lowest BCUT2D eigenvalue weighted by molar-refractivity contribution is 0.400. The summed E-state index contributed by atoms with van der Waals surface area (Å²) in [5.41, 5.74) is 11.4. The number of hydrogen-bond donors (Lipinski definition) is 2. The monoisotopic (exact) mass is 546 g/mol. The molecule has 0 saturated carbocycles. The van der Waals surface area contributed by atoms with E-state index in [2.05, 4.69) is 14.7 Å². The van der Waals surface area contributed by atoms with E-state index in [1.54, 1.807) is 6.20 Å². The summed E-state index contributed by atoms with van der Waals surface area (Å²) >= 11 is 0. The lowest BCUT2D eigenvalue weighted by atomic mass is 9.96. The van der Waals surface area contributed by atoms with Crippen LogP contribution in [0, 0.1) is 18.6 Å². The Morgan fingerprint density at radius 2 is 1.74 bits per heavy atom. The third-order valence-corrected chi connectivity index (χ3v) is 7.83. The van der Waals surface area contributed by atoms with E-state index in [0.717, 1.165) is 45.3 Å². The Bertz CT molecular complexity index is 1810. The number of aryl methyl sites for hydroxylation is 1. The highest BCUT2D eigenvalue weighted by Crippen LogP contribution is 2.34. The normalized spacial score (nSPS) is 11.5. The van der Waals surface area contributed by atoms with Crippen molar-refractivity contribution in [2.45, 2.75) is 18.2 Å². The molecule has 0 aliphatic heterocycles. The smallest absolute Gasteiger partial charge is 0.264 e. The van der Waals surface area contributed by atoms with E-state index in [1.165, 1.54) is 13.2 Å². The summed E-state index contributed by atoms with van der Waals surface area (Å²) < 4.78 is 60.9. The van der Waals surface area contributed by atoms with E-state index in [9.17, 15) is 17.2 Å². The predicted octanol–water partition coefficient (Wildman–Crippen LogP) is 5.87. The van der Waals surface area contributed by atoms with Crippen molar-refractivity contribution in [3.63, 3.8) is 0 Å². The number of ether oxygens (including phenoxy) is 1. The Morgan fingerprint density at radius 3 is 2.46 bits per heavy atom. The Hall–Kier alpha value is -4.57. The van der Waals surface area contributed by atoms with Crippen LogP contribution in [0.5, 0.6) is 5.88 Å². The quantitative estimate of drug-likeness (QED) is 0.265. The summed E-state index contributed by atoms with van der Waals surface area (Å²) in [4.78, 5) is 8.13. The van der Waals surface area contributed by atoms with Gasteiger partial charge >= 0.3 is 0 Å². The molecule has 0 bridgehead atoms. The number of fused-ring (bicyclic) bond motifs is 1. The molecule has 0 saturated heterocycles. The van der Waals surface area contributed by atoms with Crippen LogP contribution in [-0.4, -0.2) is 25.5 Å². The van der Waals surface area contributed by atoms with Crippen LogP contribution >= 0.6 is 0 Å². The SMILES string of the molecule is COc1ncc(-c2ccc3nc(N)c(Cc4ccccc4)c(C)c3c2)cc1NS(=O)(=O)c1ccc(F)cc1F. The van der Waals surface area contributed by atoms with Crippen LogP contribution in [0.15, 0.2) is 83.9 Å². The van der Waals surface area contributed by atoms with Gasteiger partial charge in [-0.3, -0.25) is 4.72 Å². The number of halogens is 2. The molecular formula is C29H24F2N4O3S. The first-order valence-corrected chi connectivity index (χ1v) is 13.4. The first kappa shape index (κ1) is 26.1. The predicted molar refractivity (Wildman–Crippen MR) is 147 cm³/mol. The number of benzene rings is 3. The van der Waals surface area contributed by atoms with Gasteiger partial charge in [-0.15, -0.1) is 0 Å². The minimum Gasteiger partial charge on any atom is -0.480 e. The van der Waals surface area contributed by atoms with Gasteiger partial charge in [0.15, 0.2) is 0 Å². The van der Waals surface area contributed by atoms with E-state index >= 15 is 0 Å². The molecule has 3 aromatic carbocycles. The Labute approximate surface area is 224 Å². The van der Waals surface area contributed by atoms with Crippen LogP contribution in [0.25, 0.3) is 22.0 Å². The molecule has 0 aliphatic carbocycles. The molecule has 39 heavy (non-hydrogen) atoms. The average molecular weight is 547 g/mol. The van der Waals surface area contributed by atoms with Crippen molar-refractivity contribution in [1.82, 2.24) is 9.97 Å². The molecular weight excluding hydrogens is 522 g/mol. The second kappa shape index (κ2) is 10.3. The number of anilines is 2. The first-order valence-electron chi connectivity index (χ1n) is 11.9. The van der Waals surface area contributed by atoms with E-state index in [4.69, 9.17) is 10.5 Å². The lowest BCUT2D eigenvalue weighted by Crippen LogP contribution is -2.15. The fourth-order valence-corrected chi connectivity index (χ4v) is 5.54. The van der Waals surface area contributed by atoms with Crippen molar-refractivity contribution < 1.29 is 21.9 Å². The van der Waals surface area contributed by atoms with E-state index in [1.807, 2.05) is 55.5 Å². The molecule has 5 aromatic rings. The number of pyridine rings is 2. The van der Waals surface area contributed by atoms with Crippen molar-refractivity contribution in [3.05, 3.63) is 107 Å². The molecule has 10 heteroatoms. The summed E-state index contributed by atoms with van der Waals surface area (Å²) in [6.07, 6.45) is 2.17. The first-order chi connectivity index (χ1) is 18.7. The van der Waals surface area contributed by atoms with Gasteiger partial charge in [-0.05, 0) is 53.9 Å². The van der Waals surface area contributed by atoms with Crippen LogP contribution in [-0.2, 0) is 16.4 Å². The van der Waals surface area contributed by atoms with Crippen LogP contribution in [0.4, 0.5) is 20.3 Å². The molecule has 2 aromatic heterocycles.